The van der Waals surface area contributed by atoms with Crippen molar-refractivity contribution in [3.8, 4) is 0 Å². The van der Waals surface area contributed by atoms with Crippen molar-refractivity contribution in [2.45, 2.75) is 12.8 Å². The summed E-state index contributed by atoms with van der Waals surface area (Å²) in [6.07, 6.45) is 5.83. The summed E-state index contributed by atoms with van der Waals surface area (Å²) in [6, 6.07) is 0. The Kier molecular flexibility index (Phi) is 1.84. The van der Waals surface area contributed by atoms with Crippen LogP contribution < -0.4 is 4.76 Å². The van der Waals surface area contributed by atoms with Crippen LogP contribution in [0.25, 0.3) is 0 Å². The van der Waals surface area contributed by atoms with Gasteiger partial charge in [0.1, 0.15) is 6.20 Å². The van der Waals surface area contributed by atoms with E-state index in [1.54, 1.807) is 0 Å². The number of hydrogen-bond donors (Lipinski definition) is 1. The van der Waals surface area contributed by atoms with Crippen molar-refractivity contribution in [3.63, 3.8) is 0 Å². The van der Waals surface area contributed by atoms with Crippen LogP contribution in [0, 0.1) is 17.0 Å². The van der Waals surface area contributed by atoms with Crippen molar-refractivity contribution in [1.29, 1.82) is 0 Å². The SMILES string of the molecule is O=C(O)C1=N[N+]([O-])(c2cnccn2)C2=C1C[C@H]1C[C@@H]21. The molecule has 1 N–H and O–H groups in total. The van der Waals surface area contributed by atoms with E-state index in [1.807, 2.05) is 0 Å². The van der Waals surface area contributed by atoms with Gasteiger partial charge in [-0.25, -0.2) is 4.79 Å². The maximum absolute atomic E-state index is 13.0. The Balaban J connectivity index is 1.91. The highest BCUT2D eigenvalue weighted by Crippen LogP contribution is 2.60. The molecule has 4 rings (SSSR count). The zero-order valence-electron chi connectivity index (χ0n) is 9.85. The number of carbonyl (C=O) groups is 1. The van der Waals surface area contributed by atoms with Gasteiger partial charge in [-0.05, 0) is 18.8 Å². The second kappa shape index (κ2) is 3.25. The number of aromatic nitrogens is 2. The number of rotatable bonds is 2. The van der Waals surface area contributed by atoms with E-state index in [0.717, 1.165) is 6.42 Å². The summed E-state index contributed by atoms with van der Waals surface area (Å²) in [4.78, 5) is 19.1. The van der Waals surface area contributed by atoms with E-state index in [-0.39, 0.29) is 17.4 Å². The van der Waals surface area contributed by atoms with Crippen molar-refractivity contribution in [1.82, 2.24) is 14.7 Å². The molecule has 0 radical (unpaired) electrons. The van der Waals surface area contributed by atoms with Crippen molar-refractivity contribution in [2.24, 2.45) is 16.9 Å². The third kappa shape index (κ3) is 1.28. The molecular weight excluding hydrogens is 248 g/mol. The molecular formula is C12H10N4O3. The van der Waals surface area contributed by atoms with Crippen molar-refractivity contribution in [3.05, 3.63) is 35.1 Å². The highest BCUT2D eigenvalue weighted by atomic mass is 16.6. The summed E-state index contributed by atoms with van der Waals surface area (Å²) < 4.78 is -1.12. The molecule has 0 amide bonds. The summed E-state index contributed by atoms with van der Waals surface area (Å²) in [5.74, 6) is -0.444. The van der Waals surface area contributed by atoms with Gasteiger partial charge in [-0.1, -0.05) is 5.10 Å². The molecule has 0 aromatic carbocycles. The number of quaternary nitrogens is 1. The Morgan fingerprint density at radius 1 is 1.47 bits per heavy atom. The normalized spacial score (nSPS) is 34.9. The molecule has 1 unspecified atom stereocenters. The van der Waals surface area contributed by atoms with E-state index in [4.69, 9.17) is 0 Å². The third-order valence-corrected chi connectivity index (χ3v) is 3.97. The quantitative estimate of drug-likeness (QED) is 0.631. The zero-order valence-corrected chi connectivity index (χ0v) is 9.85. The first-order valence-corrected chi connectivity index (χ1v) is 6.05. The molecule has 7 heteroatoms. The second-order valence-electron chi connectivity index (χ2n) is 5.06. The predicted molar refractivity (Wildman–Crippen MR) is 65.5 cm³/mol. The van der Waals surface area contributed by atoms with E-state index in [0.29, 0.717) is 23.6 Å². The van der Waals surface area contributed by atoms with Gasteiger partial charge in [-0.2, -0.15) is 9.74 Å². The van der Waals surface area contributed by atoms with Crippen LogP contribution in [0.15, 0.2) is 35.0 Å². The van der Waals surface area contributed by atoms with Crippen LogP contribution in [-0.4, -0.2) is 26.8 Å². The highest BCUT2D eigenvalue weighted by molar-refractivity contribution is 6.43. The predicted octanol–water partition coefficient (Wildman–Crippen LogP) is 1.03. The van der Waals surface area contributed by atoms with Gasteiger partial charge >= 0.3 is 5.97 Å². The largest absolute Gasteiger partial charge is 0.593 e. The molecule has 2 aliphatic carbocycles. The van der Waals surface area contributed by atoms with Gasteiger partial charge in [0.25, 0.3) is 5.82 Å². The fourth-order valence-electron chi connectivity index (χ4n) is 3.07. The standard InChI is InChI=1S/C12H10N4O3/c17-12(18)10-8-4-6-3-7(6)11(8)16(19,15-10)9-5-13-1-2-14-9/h1-2,5-7H,3-4H2,(H,17,18)/t6-,7-,16?/m1/s1. The summed E-state index contributed by atoms with van der Waals surface area (Å²) in [5, 5.41) is 26.1. The summed E-state index contributed by atoms with van der Waals surface area (Å²) in [5.41, 5.74) is 1.06. The molecule has 19 heavy (non-hydrogen) atoms. The fraction of sp³-hybridized carbons (Fsp3) is 0.333. The van der Waals surface area contributed by atoms with E-state index in [1.165, 1.54) is 18.6 Å². The molecule has 7 nitrogen and oxygen atoms in total. The zero-order chi connectivity index (χ0) is 13.2. The van der Waals surface area contributed by atoms with Gasteiger partial charge in [-0.15, -0.1) is 0 Å². The van der Waals surface area contributed by atoms with Crippen LogP contribution >= 0.6 is 0 Å². The number of carboxylic acids is 1. The summed E-state index contributed by atoms with van der Waals surface area (Å²) in [6.45, 7) is 0. The number of hydrogen-bond acceptors (Lipinski definition) is 5. The van der Waals surface area contributed by atoms with Gasteiger partial charge in [0.05, 0.1) is 11.8 Å². The fourth-order valence-corrected chi connectivity index (χ4v) is 3.07. The van der Waals surface area contributed by atoms with Crippen molar-refractivity contribution in [2.75, 3.05) is 0 Å². The minimum absolute atomic E-state index is 0.108. The average Bonchev–Trinajstić information content (AvgIpc) is 2.94. The number of hydroxylamine groups is 1. The molecule has 1 aromatic heterocycles. The van der Waals surface area contributed by atoms with Gasteiger partial charge in [0, 0.05) is 12.1 Å². The smallest absolute Gasteiger partial charge is 0.360 e. The Morgan fingerprint density at radius 2 is 2.32 bits per heavy atom. The molecule has 0 bridgehead atoms. The monoisotopic (exact) mass is 258 g/mol. The Hall–Kier alpha value is -2.12. The van der Waals surface area contributed by atoms with E-state index in [9.17, 15) is 15.1 Å². The van der Waals surface area contributed by atoms with E-state index >= 15 is 0 Å². The Bertz CT molecular complexity index is 654. The highest BCUT2D eigenvalue weighted by Gasteiger charge is 2.60. The van der Waals surface area contributed by atoms with Crippen LogP contribution in [-0.2, 0) is 4.79 Å². The van der Waals surface area contributed by atoms with E-state index in [2.05, 4.69) is 15.1 Å². The molecule has 0 spiro atoms. The van der Waals surface area contributed by atoms with Gasteiger partial charge in [0.15, 0.2) is 5.70 Å². The number of allylic oxidation sites excluding steroid dienone is 1. The first-order valence-electron chi connectivity index (χ1n) is 6.05. The van der Waals surface area contributed by atoms with Gasteiger partial charge < -0.3 is 10.3 Å². The molecule has 2 heterocycles. The van der Waals surface area contributed by atoms with Crippen LogP contribution in [0.1, 0.15) is 12.8 Å². The maximum atomic E-state index is 13.0. The number of aliphatic carboxylic acids is 1. The van der Waals surface area contributed by atoms with E-state index < -0.39 is 10.7 Å². The number of fused-ring (bicyclic) bond motifs is 2. The lowest BCUT2D eigenvalue weighted by Gasteiger charge is -2.31. The molecule has 3 aliphatic rings. The van der Waals surface area contributed by atoms with Crippen LogP contribution in [0.4, 0.5) is 5.82 Å². The molecule has 1 aliphatic heterocycles. The molecule has 96 valence electrons. The van der Waals surface area contributed by atoms with Crippen LogP contribution in [0.5, 0.6) is 0 Å². The lowest BCUT2D eigenvalue weighted by atomic mass is 10.1. The second-order valence-corrected chi connectivity index (χ2v) is 5.06. The summed E-state index contributed by atoms with van der Waals surface area (Å²) >= 11 is 0. The van der Waals surface area contributed by atoms with Gasteiger partial charge in [0.2, 0.25) is 5.71 Å². The Morgan fingerprint density at radius 3 is 3.00 bits per heavy atom. The molecule has 1 fully saturated rings. The summed E-state index contributed by atoms with van der Waals surface area (Å²) in [7, 11) is 0. The number of carboxylic acid groups (broad SMARTS) is 1. The topological polar surface area (TPSA) is 98.5 Å². The van der Waals surface area contributed by atoms with Crippen molar-refractivity contribution < 1.29 is 9.90 Å². The third-order valence-electron chi connectivity index (χ3n) is 3.97. The first-order chi connectivity index (χ1) is 9.11. The molecule has 3 atom stereocenters. The maximum Gasteiger partial charge on any atom is 0.360 e. The van der Waals surface area contributed by atoms with Crippen molar-refractivity contribution >= 4 is 17.5 Å². The lowest BCUT2D eigenvalue weighted by molar-refractivity contribution is -0.129. The minimum atomic E-state index is -1.14. The van der Waals surface area contributed by atoms with Gasteiger partial charge in [-0.3, -0.25) is 4.98 Å². The number of nitrogens with zero attached hydrogens (tertiary/aromatic N) is 4. The lowest BCUT2D eigenvalue weighted by Crippen LogP contribution is -2.36. The first kappa shape index (κ1) is 10.8. The van der Waals surface area contributed by atoms with Crippen LogP contribution in [0.3, 0.4) is 0 Å². The average molecular weight is 258 g/mol. The molecule has 0 saturated heterocycles. The Labute approximate surface area is 108 Å². The molecule has 1 aromatic rings. The van der Waals surface area contributed by atoms with Crippen LogP contribution in [0.2, 0.25) is 0 Å². The molecule has 1 saturated carbocycles. The minimum Gasteiger partial charge on any atom is -0.593 e.